The Morgan fingerprint density at radius 1 is 1.09 bits per heavy atom. The van der Waals surface area contributed by atoms with Crippen LogP contribution in [-0.4, -0.2) is 37.0 Å². The zero-order valence-corrected chi connectivity index (χ0v) is 19.6. The number of furan rings is 1. The first-order valence-corrected chi connectivity index (χ1v) is 11.3. The number of halogens is 1. The minimum absolute atomic E-state index is 0.0170. The smallest absolute Gasteiger partial charge is 0.300 e. The van der Waals surface area contributed by atoms with Crippen LogP contribution in [0.2, 0.25) is 0 Å². The Kier molecular flexibility index (Phi) is 5.25. The molecule has 0 aliphatic carbocycles. The number of ether oxygens (including phenoxy) is 1. The molecule has 1 amide bonds. The highest BCUT2D eigenvalue weighted by Crippen LogP contribution is 2.43. The Hall–Kier alpha value is -3.52. The third-order valence-corrected chi connectivity index (χ3v) is 6.44. The summed E-state index contributed by atoms with van der Waals surface area (Å²) in [6.07, 6.45) is 0. The van der Waals surface area contributed by atoms with Crippen molar-refractivity contribution < 1.29 is 23.8 Å². The van der Waals surface area contributed by atoms with Crippen LogP contribution in [0.3, 0.4) is 0 Å². The molecule has 3 aromatic rings. The number of likely N-dealkylation sites (N-methyl/N-ethyl adjacent to an activating group) is 1. The van der Waals surface area contributed by atoms with E-state index in [2.05, 4.69) is 15.9 Å². The second-order valence-electron chi connectivity index (χ2n) is 8.05. The maximum atomic E-state index is 13.2. The van der Waals surface area contributed by atoms with Crippen LogP contribution < -0.4 is 14.5 Å². The molecular formula is C25H21BrN2O5. The lowest BCUT2D eigenvalue weighted by atomic mass is 9.98. The number of ketones is 1. The molecule has 1 unspecified atom stereocenters. The van der Waals surface area contributed by atoms with Gasteiger partial charge in [-0.25, -0.2) is 0 Å². The van der Waals surface area contributed by atoms with Crippen LogP contribution in [0.25, 0.3) is 5.76 Å². The number of aliphatic hydroxyl groups is 1. The molecule has 0 bridgehead atoms. The van der Waals surface area contributed by atoms with Gasteiger partial charge in [0.15, 0.2) is 0 Å². The molecule has 0 radical (unpaired) electrons. The van der Waals surface area contributed by atoms with Gasteiger partial charge in [0.05, 0.1) is 17.8 Å². The molecule has 1 N–H and O–H groups in total. The van der Waals surface area contributed by atoms with Crippen LogP contribution >= 0.6 is 15.9 Å². The first kappa shape index (κ1) is 21.3. The molecule has 2 aliphatic heterocycles. The Bertz CT molecular complexity index is 1290. The molecule has 1 atom stereocenters. The Morgan fingerprint density at radius 2 is 1.85 bits per heavy atom. The van der Waals surface area contributed by atoms with Gasteiger partial charge in [0, 0.05) is 22.8 Å². The van der Waals surface area contributed by atoms with E-state index in [0.717, 1.165) is 10.2 Å². The molecule has 1 aromatic heterocycles. The number of aryl methyl sites for hydroxylation is 1. The third-order valence-electron chi connectivity index (χ3n) is 5.91. The fraction of sp³-hybridized carbons (Fsp3) is 0.200. The van der Waals surface area contributed by atoms with Crippen LogP contribution in [0, 0.1) is 6.92 Å². The monoisotopic (exact) mass is 508 g/mol. The summed E-state index contributed by atoms with van der Waals surface area (Å²) in [5, 5.41) is 11.3. The summed E-state index contributed by atoms with van der Waals surface area (Å²) in [7, 11) is 1.93. The summed E-state index contributed by atoms with van der Waals surface area (Å²) in [5.41, 5.74) is 1.74. The third kappa shape index (κ3) is 3.60. The highest BCUT2D eigenvalue weighted by molar-refractivity contribution is 9.10. The summed E-state index contributed by atoms with van der Waals surface area (Å²) < 4.78 is 12.4. The van der Waals surface area contributed by atoms with E-state index >= 15 is 0 Å². The Labute approximate surface area is 199 Å². The van der Waals surface area contributed by atoms with Crippen molar-refractivity contribution in [1.29, 1.82) is 0 Å². The van der Waals surface area contributed by atoms with Crippen molar-refractivity contribution in [2.24, 2.45) is 0 Å². The molecule has 2 aromatic carbocycles. The number of anilines is 2. The van der Waals surface area contributed by atoms with Gasteiger partial charge < -0.3 is 19.2 Å². The van der Waals surface area contributed by atoms with Crippen LogP contribution in [0.5, 0.6) is 5.75 Å². The van der Waals surface area contributed by atoms with E-state index in [1.54, 1.807) is 61.5 Å². The van der Waals surface area contributed by atoms with Gasteiger partial charge in [0.2, 0.25) is 0 Å². The number of hydrogen-bond donors (Lipinski definition) is 1. The molecule has 1 fully saturated rings. The minimum Gasteiger partial charge on any atom is -0.507 e. The summed E-state index contributed by atoms with van der Waals surface area (Å²) in [4.78, 5) is 29.8. The van der Waals surface area contributed by atoms with Crippen molar-refractivity contribution in [3.8, 4) is 5.75 Å². The highest BCUT2D eigenvalue weighted by atomic mass is 79.9. The fourth-order valence-electron chi connectivity index (χ4n) is 4.22. The second-order valence-corrected chi connectivity index (χ2v) is 8.96. The van der Waals surface area contributed by atoms with Gasteiger partial charge in [0.25, 0.3) is 11.7 Å². The van der Waals surface area contributed by atoms with Crippen molar-refractivity contribution in [2.45, 2.75) is 13.0 Å². The van der Waals surface area contributed by atoms with E-state index in [1.807, 2.05) is 11.9 Å². The van der Waals surface area contributed by atoms with E-state index in [4.69, 9.17) is 9.15 Å². The summed E-state index contributed by atoms with van der Waals surface area (Å²) in [6, 6.07) is 14.9. The van der Waals surface area contributed by atoms with Crippen LogP contribution in [0.1, 0.15) is 23.1 Å². The standard InChI is InChI=1S/C25H21BrN2O5/c1-14-3-9-20(33-14)22-21(24(30)25(31)28(22)17-7-5-16(26)6-8-17)23(29)15-4-10-19-18(13-15)27(2)11-12-32-19/h3-10,13,22,29H,11-12H2,1-2H3/b23-21-. The number of carbonyl (C=O) groups excluding carboxylic acids is 2. The maximum absolute atomic E-state index is 13.2. The SMILES string of the molecule is Cc1ccc(C2/C(=C(/O)c3ccc4c(c3)N(C)CCO4)C(=O)C(=O)N2c2ccc(Br)cc2)o1. The molecule has 8 heteroatoms. The number of amides is 1. The largest absolute Gasteiger partial charge is 0.507 e. The van der Waals surface area contributed by atoms with E-state index in [-0.39, 0.29) is 11.3 Å². The topological polar surface area (TPSA) is 83.2 Å². The average molecular weight is 509 g/mol. The van der Waals surface area contributed by atoms with Gasteiger partial charge >= 0.3 is 0 Å². The second kappa shape index (κ2) is 8.12. The van der Waals surface area contributed by atoms with Crippen LogP contribution in [-0.2, 0) is 9.59 Å². The average Bonchev–Trinajstić information content (AvgIpc) is 3.35. The number of nitrogens with zero attached hydrogens (tertiary/aromatic N) is 2. The van der Waals surface area contributed by atoms with Gasteiger partial charge in [-0.15, -0.1) is 0 Å². The number of fused-ring (bicyclic) bond motifs is 1. The van der Waals surface area contributed by atoms with E-state index in [1.165, 1.54) is 4.90 Å². The number of rotatable bonds is 3. The quantitative estimate of drug-likeness (QED) is 0.310. The number of Topliss-reactive ketones (excluding diaryl/α,β-unsaturated/α-hetero) is 1. The first-order chi connectivity index (χ1) is 15.8. The van der Waals surface area contributed by atoms with E-state index < -0.39 is 17.7 Å². The number of aliphatic hydroxyl groups excluding tert-OH is 1. The molecule has 1 saturated heterocycles. The van der Waals surface area contributed by atoms with Gasteiger partial charge in [-0.05, 0) is 61.5 Å². The predicted molar refractivity (Wildman–Crippen MR) is 128 cm³/mol. The fourth-order valence-corrected chi connectivity index (χ4v) is 4.49. The lowest BCUT2D eigenvalue weighted by molar-refractivity contribution is -0.132. The van der Waals surface area contributed by atoms with Crippen molar-refractivity contribution in [3.05, 3.63) is 81.7 Å². The molecule has 5 rings (SSSR count). The maximum Gasteiger partial charge on any atom is 0.300 e. The molecule has 33 heavy (non-hydrogen) atoms. The molecule has 2 aliphatic rings. The molecule has 3 heterocycles. The number of carbonyl (C=O) groups is 2. The zero-order chi connectivity index (χ0) is 23.3. The van der Waals surface area contributed by atoms with Crippen LogP contribution in [0.4, 0.5) is 11.4 Å². The van der Waals surface area contributed by atoms with E-state index in [9.17, 15) is 14.7 Å². The number of benzene rings is 2. The van der Waals surface area contributed by atoms with Gasteiger partial charge in [-0.3, -0.25) is 14.5 Å². The predicted octanol–water partition coefficient (Wildman–Crippen LogP) is 4.81. The first-order valence-electron chi connectivity index (χ1n) is 10.5. The van der Waals surface area contributed by atoms with Crippen molar-refractivity contribution in [2.75, 3.05) is 30.0 Å². The van der Waals surface area contributed by atoms with Crippen molar-refractivity contribution in [3.63, 3.8) is 0 Å². The molecule has 0 spiro atoms. The minimum atomic E-state index is -0.898. The molecular weight excluding hydrogens is 488 g/mol. The Morgan fingerprint density at radius 3 is 2.55 bits per heavy atom. The summed E-state index contributed by atoms with van der Waals surface area (Å²) >= 11 is 3.39. The summed E-state index contributed by atoms with van der Waals surface area (Å²) in [6.45, 7) is 3.07. The van der Waals surface area contributed by atoms with Gasteiger partial charge in [-0.2, -0.15) is 0 Å². The lowest BCUT2D eigenvalue weighted by Crippen LogP contribution is -2.29. The summed E-state index contributed by atoms with van der Waals surface area (Å²) in [5.74, 6) is -0.00993. The van der Waals surface area contributed by atoms with Crippen LogP contribution in [0.15, 0.2) is 69.1 Å². The Balaban J connectivity index is 1.68. The molecule has 168 valence electrons. The number of hydrogen-bond acceptors (Lipinski definition) is 6. The van der Waals surface area contributed by atoms with Gasteiger partial charge in [-0.1, -0.05) is 15.9 Å². The van der Waals surface area contributed by atoms with Gasteiger partial charge in [0.1, 0.15) is 35.7 Å². The lowest BCUT2D eigenvalue weighted by Gasteiger charge is -2.28. The van der Waals surface area contributed by atoms with Crippen molar-refractivity contribution in [1.82, 2.24) is 0 Å². The molecule has 0 saturated carbocycles. The normalized spacial score (nSPS) is 19.5. The van der Waals surface area contributed by atoms with Crippen molar-refractivity contribution >= 4 is 44.8 Å². The highest BCUT2D eigenvalue weighted by Gasteiger charge is 2.48. The molecule has 7 nitrogen and oxygen atoms in total. The zero-order valence-electron chi connectivity index (χ0n) is 18.0. The van der Waals surface area contributed by atoms with E-state index in [0.29, 0.717) is 41.7 Å².